The molecule has 1 radical (unpaired) electrons. The number of rotatable bonds is 10. The Kier molecular flexibility index (Phi) is 8.37. The van der Waals surface area contributed by atoms with Crippen molar-refractivity contribution in [2.24, 2.45) is 0 Å². The molecule has 0 atom stereocenters. The smallest absolute Gasteiger partial charge is 0.119 e. The van der Waals surface area contributed by atoms with Crippen molar-refractivity contribution in [2.45, 2.75) is 58.3 Å². The fourth-order valence-corrected chi connectivity index (χ4v) is 1.98. The molecule has 1 heteroatoms. The van der Waals surface area contributed by atoms with Gasteiger partial charge in [0.2, 0.25) is 0 Å². The van der Waals surface area contributed by atoms with Crippen molar-refractivity contribution < 1.29 is 4.74 Å². The third-order valence-electron chi connectivity index (χ3n) is 3.16. The third kappa shape index (κ3) is 6.68. The van der Waals surface area contributed by atoms with E-state index in [9.17, 15) is 0 Å². The number of aryl methyl sites for hydroxylation is 1. The highest BCUT2D eigenvalue weighted by Crippen LogP contribution is 2.14. The van der Waals surface area contributed by atoms with Crippen LogP contribution in [0.5, 0.6) is 5.75 Å². The second-order valence-corrected chi connectivity index (χ2v) is 4.86. The molecule has 0 spiro atoms. The lowest BCUT2D eigenvalue weighted by Gasteiger charge is -2.07. The fourth-order valence-electron chi connectivity index (χ4n) is 1.98. The Morgan fingerprint density at radius 1 is 0.944 bits per heavy atom. The van der Waals surface area contributed by atoms with Gasteiger partial charge in [0.1, 0.15) is 5.75 Å². The molecule has 1 nitrogen and oxygen atoms in total. The van der Waals surface area contributed by atoms with E-state index in [1.807, 2.05) is 0 Å². The highest BCUT2D eigenvalue weighted by Gasteiger charge is 1.96. The first-order valence-corrected chi connectivity index (χ1v) is 7.37. The molecule has 0 aliphatic heterocycles. The highest BCUT2D eigenvalue weighted by molar-refractivity contribution is 5.27. The van der Waals surface area contributed by atoms with Crippen LogP contribution in [0.15, 0.2) is 24.3 Å². The summed E-state index contributed by atoms with van der Waals surface area (Å²) in [5.74, 6) is 1.01. The average Bonchev–Trinajstić information content (AvgIpc) is 2.40. The van der Waals surface area contributed by atoms with Gasteiger partial charge in [-0.3, -0.25) is 0 Å². The molecule has 0 unspecified atom stereocenters. The molecule has 1 rings (SSSR count). The van der Waals surface area contributed by atoms with Crippen LogP contribution in [0.3, 0.4) is 0 Å². The van der Waals surface area contributed by atoms with Crippen LogP contribution in [0.1, 0.15) is 57.4 Å². The predicted octanol–water partition coefficient (Wildman–Crippen LogP) is 5.19. The third-order valence-corrected chi connectivity index (χ3v) is 3.16. The molecule has 0 amide bonds. The van der Waals surface area contributed by atoms with Crippen molar-refractivity contribution in [3.63, 3.8) is 0 Å². The van der Waals surface area contributed by atoms with E-state index in [4.69, 9.17) is 4.74 Å². The minimum Gasteiger partial charge on any atom is -0.494 e. The number of hydrogen-bond donors (Lipinski definition) is 0. The van der Waals surface area contributed by atoms with Crippen molar-refractivity contribution in [1.29, 1.82) is 0 Å². The van der Waals surface area contributed by atoms with Crippen LogP contribution in [0.2, 0.25) is 0 Å². The van der Waals surface area contributed by atoms with E-state index in [1.165, 1.54) is 44.1 Å². The Hall–Kier alpha value is -0.980. The summed E-state index contributed by atoms with van der Waals surface area (Å²) >= 11 is 0. The molecule has 0 aliphatic carbocycles. The Balaban J connectivity index is 2.19. The zero-order chi connectivity index (χ0) is 13.1. The lowest BCUT2D eigenvalue weighted by molar-refractivity contribution is 0.305. The van der Waals surface area contributed by atoms with Crippen molar-refractivity contribution >= 4 is 0 Å². The predicted molar refractivity (Wildman–Crippen MR) is 79.0 cm³/mol. The largest absolute Gasteiger partial charge is 0.494 e. The van der Waals surface area contributed by atoms with Gasteiger partial charge in [0, 0.05) is 0 Å². The summed E-state index contributed by atoms with van der Waals surface area (Å²) in [6.45, 7) is 6.94. The van der Waals surface area contributed by atoms with E-state index in [1.54, 1.807) is 0 Å². The first-order chi connectivity index (χ1) is 8.86. The van der Waals surface area contributed by atoms with Crippen LogP contribution in [0.25, 0.3) is 0 Å². The second-order valence-electron chi connectivity index (χ2n) is 4.86. The van der Waals surface area contributed by atoms with Gasteiger partial charge in [0.15, 0.2) is 0 Å². The van der Waals surface area contributed by atoms with Gasteiger partial charge in [-0.25, -0.2) is 0 Å². The molecule has 101 valence electrons. The molecule has 0 saturated heterocycles. The molecule has 0 fully saturated rings. The molecule has 0 aliphatic rings. The van der Waals surface area contributed by atoms with E-state index in [2.05, 4.69) is 38.1 Å². The fraction of sp³-hybridized carbons (Fsp3) is 0.588. The summed E-state index contributed by atoms with van der Waals surface area (Å²) in [6, 6.07) is 8.56. The Labute approximate surface area is 113 Å². The van der Waals surface area contributed by atoms with Crippen LogP contribution in [0, 0.1) is 6.92 Å². The van der Waals surface area contributed by atoms with Crippen molar-refractivity contribution in [3.8, 4) is 5.75 Å². The van der Waals surface area contributed by atoms with Gasteiger partial charge >= 0.3 is 0 Å². The van der Waals surface area contributed by atoms with Crippen LogP contribution >= 0.6 is 0 Å². The van der Waals surface area contributed by atoms with E-state index < -0.39 is 0 Å². The van der Waals surface area contributed by atoms with Crippen molar-refractivity contribution in [2.75, 3.05) is 6.61 Å². The lowest BCUT2D eigenvalue weighted by atomic mass is 10.1. The number of unbranched alkanes of at least 4 members (excludes halogenated alkanes) is 5. The van der Waals surface area contributed by atoms with E-state index in [-0.39, 0.29) is 0 Å². The number of ether oxygens (including phenoxy) is 1. The summed E-state index contributed by atoms with van der Waals surface area (Å²) < 4.78 is 5.72. The summed E-state index contributed by atoms with van der Waals surface area (Å²) in [4.78, 5) is 0. The molecule has 1 aromatic carbocycles. The second kappa shape index (κ2) is 9.99. The molecule has 0 aromatic heterocycles. The zero-order valence-electron chi connectivity index (χ0n) is 11.8. The highest BCUT2D eigenvalue weighted by atomic mass is 16.5. The van der Waals surface area contributed by atoms with Crippen LogP contribution in [-0.4, -0.2) is 6.61 Å². The Morgan fingerprint density at radius 3 is 2.39 bits per heavy atom. The molecule has 0 N–H and O–H groups in total. The van der Waals surface area contributed by atoms with E-state index in [0.29, 0.717) is 0 Å². The minimum absolute atomic E-state index is 0.848. The molecule has 1 aromatic rings. The van der Waals surface area contributed by atoms with Gasteiger partial charge in [-0.2, -0.15) is 0 Å². The molecule has 0 bridgehead atoms. The van der Waals surface area contributed by atoms with Crippen molar-refractivity contribution in [3.05, 3.63) is 36.8 Å². The summed E-state index contributed by atoms with van der Waals surface area (Å²) in [5.41, 5.74) is 1.40. The molecule has 0 saturated carbocycles. The minimum atomic E-state index is 0.848. The van der Waals surface area contributed by atoms with Gasteiger partial charge in [-0.1, -0.05) is 58.1 Å². The van der Waals surface area contributed by atoms with Crippen LogP contribution in [0.4, 0.5) is 0 Å². The zero-order valence-corrected chi connectivity index (χ0v) is 11.8. The molecule has 0 heterocycles. The normalized spacial score (nSPS) is 10.6. The van der Waals surface area contributed by atoms with E-state index >= 15 is 0 Å². The average molecular weight is 247 g/mol. The van der Waals surface area contributed by atoms with Gasteiger partial charge in [0.05, 0.1) is 6.61 Å². The summed E-state index contributed by atoms with van der Waals surface area (Å²) in [5, 5.41) is 0. The summed E-state index contributed by atoms with van der Waals surface area (Å²) in [7, 11) is 0. The number of hydrogen-bond acceptors (Lipinski definition) is 1. The van der Waals surface area contributed by atoms with Gasteiger partial charge in [-0.15, -0.1) is 0 Å². The SMILES string of the molecule is [CH2]CCCCc1ccc(OCCCCCC)cc1. The lowest BCUT2D eigenvalue weighted by Crippen LogP contribution is -1.97. The molecular weight excluding hydrogens is 220 g/mol. The van der Waals surface area contributed by atoms with Crippen LogP contribution in [-0.2, 0) is 6.42 Å². The van der Waals surface area contributed by atoms with Gasteiger partial charge in [-0.05, 0) is 37.0 Å². The maximum absolute atomic E-state index is 5.72. The van der Waals surface area contributed by atoms with Gasteiger partial charge < -0.3 is 4.74 Å². The molecular formula is C17H27O. The maximum atomic E-state index is 5.72. The Morgan fingerprint density at radius 2 is 1.72 bits per heavy atom. The van der Waals surface area contributed by atoms with E-state index in [0.717, 1.165) is 25.2 Å². The van der Waals surface area contributed by atoms with Crippen molar-refractivity contribution in [1.82, 2.24) is 0 Å². The first-order valence-electron chi connectivity index (χ1n) is 7.37. The molecule has 18 heavy (non-hydrogen) atoms. The topological polar surface area (TPSA) is 9.23 Å². The summed E-state index contributed by atoms with van der Waals surface area (Å²) in [6.07, 6.45) is 9.69. The van der Waals surface area contributed by atoms with Gasteiger partial charge in [0.25, 0.3) is 0 Å². The maximum Gasteiger partial charge on any atom is 0.119 e. The first kappa shape index (κ1) is 15.1. The standard InChI is InChI=1S/C17H27O/c1-3-5-7-9-15-18-17-13-11-16(12-14-17)10-8-6-4-2/h11-14H,2-10,15H2,1H3. The van der Waals surface area contributed by atoms with Crippen LogP contribution < -0.4 is 4.74 Å². The quantitative estimate of drug-likeness (QED) is 0.517. The number of benzene rings is 1. The Bertz CT molecular complexity index is 289. The monoisotopic (exact) mass is 247 g/mol.